The number of hydrogen-bond acceptors (Lipinski definition) is 7. The fraction of sp³-hybridized carbons (Fsp3) is 0.250. The maximum absolute atomic E-state index is 12.0. The average molecular weight is 433 g/mol. The van der Waals surface area contributed by atoms with Gasteiger partial charge in [0.15, 0.2) is 0 Å². The smallest absolute Gasteiger partial charge is 0.313 e. The molecule has 0 saturated heterocycles. The van der Waals surface area contributed by atoms with E-state index in [1.165, 1.54) is 0 Å². The van der Waals surface area contributed by atoms with Crippen LogP contribution in [0.15, 0.2) is 48.5 Å². The van der Waals surface area contributed by atoms with Crippen LogP contribution >= 0.6 is 11.3 Å². The molecule has 31 heavy (non-hydrogen) atoms. The number of esters is 1. The van der Waals surface area contributed by atoms with Gasteiger partial charge in [0.2, 0.25) is 0 Å². The molecule has 0 fully saturated rings. The quantitative estimate of drug-likeness (QED) is 0.410. The fourth-order valence-corrected chi connectivity index (χ4v) is 4.59. The van der Waals surface area contributed by atoms with Crippen molar-refractivity contribution >= 4 is 33.3 Å². The number of aryl methyl sites for hydroxylation is 2. The highest BCUT2D eigenvalue weighted by molar-refractivity contribution is 7.19. The number of fused-ring (bicyclic) bond motifs is 1. The Morgan fingerprint density at radius 2 is 1.84 bits per heavy atom. The van der Waals surface area contributed by atoms with E-state index in [1.807, 2.05) is 43.3 Å². The number of benzene rings is 1. The van der Waals surface area contributed by atoms with Gasteiger partial charge in [-0.3, -0.25) is 9.78 Å². The van der Waals surface area contributed by atoms with Crippen LogP contribution in [0.2, 0.25) is 0 Å². The standard InChI is InChI=1S/C24H24N4O2S/c1-4-30-20(29)13-19-27-23(25-14-18-12-8-9-15(2)26-18)22-21(16(3)31-24(22)28-19)17-10-6-5-7-11-17/h5-12H,4,13-14H2,1-3H3,(H,25,27,28). The third-order valence-corrected chi connectivity index (χ3v) is 5.83. The molecule has 4 aromatic rings. The Balaban J connectivity index is 1.79. The number of aromatic nitrogens is 3. The lowest BCUT2D eigenvalue weighted by Crippen LogP contribution is -2.12. The van der Waals surface area contributed by atoms with E-state index in [2.05, 4.69) is 34.3 Å². The van der Waals surface area contributed by atoms with Gasteiger partial charge in [0.05, 0.1) is 24.2 Å². The van der Waals surface area contributed by atoms with E-state index in [4.69, 9.17) is 9.72 Å². The predicted molar refractivity (Wildman–Crippen MR) is 124 cm³/mol. The Labute approximate surface area is 185 Å². The van der Waals surface area contributed by atoms with Crippen LogP contribution < -0.4 is 5.32 Å². The summed E-state index contributed by atoms with van der Waals surface area (Å²) in [6.45, 7) is 6.71. The Morgan fingerprint density at radius 1 is 1.03 bits per heavy atom. The lowest BCUT2D eigenvalue weighted by Gasteiger charge is -2.11. The molecule has 0 saturated carbocycles. The van der Waals surface area contributed by atoms with Crippen LogP contribution in [-0.2, 0) is 22.5 Å². The first kappa shape index (κ1) is 20.9. The Kier molecular flexibility index (Phi) is 6.23. The number of carbonyl (C=O) groups is 1. The number of anilines is 1. The first-order valence-electron chi connectivity index (χ1n) is 10.2. The van der Waals surface area contributed by atoms with Gasteiger partial charge in [-0.1, -0.05) is 36.4 Å². The molecule has 4 rings (SSSR count). The highest BCUT2D eigenvalue weighted by Gasteiger charge is 2.19. The van der Waals surface area contributed by atoms with Crippen LogP contribution in [-0.4, -0.2) is 27.5 Å². The first-order valence-corrected chi connectivity index (χ1v) is 11.0. The SMILES string of the molecule is CCOC(=O)Cc1nc(NCc2cccc(C)n2)c2c(-c3ccccc3)c(C)sc2n1. The number of hydrogen-bond donors (Lipinski definition) is 1. The normalized spacial score (nSPS) is 10.9. The fourth-order valence-electron chi connectivity index (χ4n) is 3.53. The molecule has 1 aromatic carbocycles. The van der Waals surface area contributed by atoms with Crippen molar-refractivity contribution in [3.05, 3.63) is 70.6 Å². The number of carbonyl (C=O) groups excluding carboxylic acids is 1. The molecular weight excluding hydrogens is 408 g/mol. The molecule has 0 radical (unpaired) electrons. The molecule has 0 spiro atoms. The molecule has 3 aromatic heterocycles. The average Bonchev–Trinajstić information content (AvgIpc) is 3.08. The summed E-state index contributed by atoms with van der Waals surface area (Å²) in [5.74, 6) is 0.826. The van der Waals surface area contributed by atoms with E-state index in [0.717, 1.165) is 37.6 Å². The van der Waals surface area contributed by atoms with Gasteiger partial charge in [-0.25, -0.2) is 9.97 Å². The van der Waals surface area contributed by atoms with Crippen molar-refractivity contribution < 1.29 is 9.53 Å². The van der Waals surface area contributed by atoms with E-state index in [1.54, 1.807) is 18.3 Å². The van der Waals surface area contributed by atoms with Gasteiger partial charge in [0.25, 0.3) is 0 Å². The summed E-state index contributed by atoms with van der Waals surface area (Å²) < 4.78 is 5.09. The Morgan fingerprint density at radius 3 is 2.58 bits per heavy atom. The van der Waals surface area contributed by atoms with Crippen molar-refractivity contribution in [1.82, 2.24) is 15.0 Å². The maximum atomic E-state index is 12.0. The number of ether oxygens (including phenoxy) is 1. The van der Waals surface area contributed by atoms with E-state index < -0.39 is 0 Å². The Hall–Kier alpha value is -3.32. The lowest BCUT2D eigenvalue weighted by atomic mass is 10.0. The Bertz CT molecular complexity index is 1220. The van der Waals surface area contributed by atoms with Gasteiger partial charge in [-0.05, 0) is 38.5 Å². The monoisotopic (exact) mass is 432 g/mol. The second kappa shape index (κ2) is 9.22. The third-order valence-electron chi connectivity index (χ3n) is 4.83. The van der Waals surface area contributed by atoms with Crippen LogP contribution in [0.3, 0.4) is 0 Å². The molecular formula is C24H24N4O2S. The topological polar surface area (TPSA) is 77.0 Å². The number of thiophene rings is 1. The lowest BCUT2D eigenvalue weighted by molar-refractivity contribution is -0.142. The van der Waals surface area contributed by atoms with Gasteiger partial charge in [-0.2, -0.15) is 0 Å². The summed E-state index contributed by atoms with van der Waals surface area (Å²) >= 11 is 1.61. The third kappa shape index (κ3) is 4.72. The summed E-state index contributed by atoms with van der Waals surface area (Å²) in [6, 6.07) is 16.2. The van der Waals surface area contributed by atoms with Crippen molar-refractivity contribution in [2.24, 2.45) is 0 Å². The molecule has 6 nitrogen and oxygen atoms in total. The molecule has 0 bridgehead atoms. The summed E-state index contributed by atoms with van der Waals surface area (Å²) in [7, 11) is 0. The number of nitrogens with one attached hydrogen (secondary N) is 1. The molecule has 0 aliphatic rings. The molecule has 3 heterocycles. The van der Waals surface area contributed by atoms with Gasteiger partial charge >= 0.3 is 5.97 Å². The van der Waals surface area contributed by atoms with E-state index in [0.29, 0.717) is 24.8 Å². The van der Waals surface area contributed by atoms with Gasteiger partial charge < -0.3 is 10.1 Å². The van der Waals surface area contributed by atoms with Crippen molar-refractivity contribution in [1.29, 1.82) is 0 Å². The van der Waals surface area contributed by atoms with Gasteiger partial charge in [0.1, 0.15) is 22.9 Å². The zero-order valence-corrected chi connectivity index (χ0v) is 18.6. The maximum Gasteiger partial charge on any atom is 0.313 e. The van der Waals surface area contributed by atoms with Crippen LogP contribution in [0.5, 0.6) is 0 Å². The minimum atomic E-state index is -0.329. The molecule has 0 aliphatic carbocycles. The zero-order chi connectivity index (χ0) is 21.8. The second-order valence-corrected chi connectivity index (χ2v) is 8.38. The van der Waals surface area contributed by atoms with Crippen LogP contribution in [0.4, 0.5) is 5.82 Å². The molecule has 0 aliphatic heterocycles. The highest BCUT2D eigenvalue weighted by atomic mass is 32.1. The second-order valence-electron chi connectivity index (χ2n) is 7.17. The van der Waals surface area contributed by atoms with Gasteiger partial charge in [0, 0.05) is 16.1 Å². The zero-order valence-electron chi connectivity index (χ0n) is 17.8. The summed E-state index contributed by atoms with van der Waals surface area (Å²) in [5.41, 5.74) is 4.12. The van der Waals surface area contributed by atoms with Crippen LogP contribution in [0, 0.1) is 13.8 Å². The molecule has 7 heteroatoms. The van der Waals surface area contributed by atoms with E-state index in [-0.39, 0.29) is 12.4 Å². The van der Waals surface area contributed by atoms with Crippen LogP contribution in [0.1, 0.15) is 29.0 Å². The highest BCUT2D eigenvalue weighted by Crippen LogP contribution is 2.40. The number of rotatable bonds is 7. The minimum Gasteiger partial charge on any atom is -0.466 e. The van der Waals surface area contributed by atoms with Crippen molar-refractivity contribution in [2.45, 2.75) is 33.7 Å². The van der Waals surface area contributed by atoms with Crippen molar-refractivity contribution in [3.63, 3.8) is 0 Å². The van der Waals surface area contributed by atoms with Gasteiger partial charge in [-0.15, -0.1) is 11.3 Å². The number of nitrogens with zero attached hydrogens (tertiary/aromatic N) is 3. The molecule has 158 valence electrons. The van der Waals surface area contributed by atoms with Crippen molar-refractivity contribution in [3.8, 4) is 11.1 Å². The summed E-state index contributed by atoms with van der Waals surface area (Å²) in [6.07, 6.45) is 0.0404. The van der Waals surface area contributed by atoms with E-state index in [9.17, 15) is 4.79 Å². The molecule has 0 atom stereocenters. The van der Waals surface area contributed by atoms with Crippen molar-refractivity contribution in [2.75, 3.05) is 11.9 Å². The molecule has 1 N–H and O–H groups in total. The summed E-state index contributed by atoms with van der Waals surface area (Å²) in [5, 5.41) is 4.41. The first-order chi connectivity index (χ1) is 15.0. The molecule has 0 unspecified atom stereocenters. The summed E-state index contributed by atoms with van der Waals surface area (Å²) in [4.78, 5) is 28.0. The van der Waals surface area contributed by atoms with E-state index >= 15 is 0 Å². The molecule has 0 amide bonds. The predicted octanol–water partition coefficient (Wildman–Crippen LogP) is 5.09. The largest absolute Gasteiger partial charge is 0.466 e. The minimum absolute atomic E-state index is 0.0404. The number of pyridine rings is 1. The van der Waals surface area contributed by atoms with Crippen LogP contribution in [0.25, 0.3) is 21.3 Å².